The third kappa shape index (κ3) is 3.42. The smallest absolute Gasteiger partial charge is 0.251 e. The lowest BCUT2D eigenvalue weighted by molar-refractivity contribution is 0.0871. The topological polar surface area (TPSA) is 80.0 Å². The van der Waals surface area contributed by atoms with Gasteiger partial charge in [0.1, 0.15) is 12.7 Å². The molecule has 1 heterocycles. The number of aliphatic hydroxyl groups is 1. The van der Waals surface area contributed by atoms with Crippen molar-refractivity contribution in [1.82, 2.24) is 20.1 Å². The minimum Gasteiger partial charge on any atom is -0.391 e. The van der Waals surface area contributed by atoms with Crippen LogP contribution in [0.1, 0.15) is 24.2 Å². The lowest BCUT2D eigenvalue weighted by Gasteiger charge is -2.15. The van der Waals surface area contributed by atoms with Crippen LogP contribution in [0.25, 0.3) is 5.69 Å². The molecule has 2 N–H and O–H groups in total. The van der Waals surface area contributed by atoms with E-state index < -0.39 is 6.10 Å². The molecule has 2 rings (SSSR count). The highest BCUT2D eigenvalue weighted by Gasteiger charge is 2.12. The predicted octanol–water partition coefficient (Wildman–Crippen LogP) is 1.01. The third-order valence-corrected chi connectivity index (χ3v) is 3.05. The Bertz CT molecular complexity index is 549. The third-order valence-electron chi connectivity index (χ3n) is 3.05. The van der Waals surface area contributed by atoms with Crippen molar-refractivity contribution in [3.8, 4) is 5.69 Å². The molecular weight excluding hydrogens is 256 g/mol. The van der Waals surface area contributed by atoms with Crippen LogP contribution in [0.15, 0.2) is 36.9 Å². The van der Waals surface area contributed by atoms with E-state index in [-0.39, 0.29) is 18.4 Å². The van der Waals surface area contributed by atoms with Crippen LogP contribution < -0.4 is 5.32 Å². The fraction of sp³-hybridized carbons (Fsp3) is 0.357. The molecule has 0 spiro atoms. The molecule has 1 aromatic heterocycles. The Morgan fingerprint density at radius 3 is 2.60 bits per heavy atom. The Hall–Kier alpha value is -2.21. The number of aliphatic hydroxyl groups excluding tert-OH is 1. The van der Waals surface area contributed by atoms with E-state index in [1.165, 1.54) is 6.33 Å². The quantitative estimate of drug-likeness (QED) is 0.853. The summed E-state index contributed by atoms with van der Waals surface area (Å²) in [6.07, 6.45) is 2.51. The monoisotopic (exact) mass is 274 g/mol. The zero-order valence-electron chi connectivity index (χ0n) is 11.5. The second-order valence-electron chi connectivity index (χ2n) is 4.91. The van der Waals surface area contributed by atoms with Gasteiger partial charge in [0, 0.05) is 12.1 Å². The summed E-state index contributed by atoms with van der Waals surface area (Å²) in [7, 11) is 0. The molecule has 1 amide bonds. The van der Waals surface area contributed by atoms with Crippen LogP contribution in [0.2, 0.25) is 0 Å². The van der Waals surface area contributed by atoms with Gasteiger partial charge in [0.2, 0.25) is 0 Å². The van der Waals surface area contributed by atoms with Crippen LogP contribution in [0.5, 0.6) is 0 Å². The largest absolute Gasteiger partial charge is 0.391 e. The number of carbonyl (C=O) groups is 1. The first kappa shape index (κ1) is 14.2. The van der Waals surface area contributed by atoms with Gasteiger partial charge < -0.3 is 10.4 Å². The van der Waals surface area contributed by atoms with Crippen LogP contribution >= 0.6 is 0 Å². The molecule has 6 heteroatoms. The molecule has 0 bridgehead atoms. The Morgan fingerprint density at radius 1 is 1.35 bits per heavy atom. The van der Waals surface area contributed by atoms with E-state index in [4.69, 9.17) is 0 Å². The van der Waals surface area contributed by atoms with Gasteiger partial charge in [-0.3, -0.25) is 4.79 Å². The summed E-state index contributed by atoms with van der Waals surface area (Å²) in [6, 6.07) is 7.02. The maximum atomic E-state index is 11.9. The van der Waals surface area contributed by atoms with Gasteiger partial charge in [-0.2, -0.15) is 5.10 Å². The molecule has 0 saturated heterocycles. The highest BCUT2D eigenvalue weighted by molar-refractivity contribution is 5.94. The van der Waals surface area contributed by atoms with Gasteiger partial charge in [-0.15, -0.1) is 0 Å². The number of nitrogens with zero attached hydrogens (tertiary/aromatic N) is 3. The number of nitrogens with one attached hydrogen (secondary N) is 1. The van der Waals surface area contributed by atoms with Crippen molar-refractivity contribution in [2.24, 2.45) is 5.92 Å². The van der Waals surface area contributed by atoms with Crippen LogP contribution in [-0.2, 0) is 0 Å². The maximum absolute atomic E-state index is 11.9. The molecule has 20 heavy (non-hydrogen) atoms. The van der Waals surface area contributed by atoms with Crippen molar-refractivity contribution in [1.29, 1.82) is 0 Å². The SMILES string of the molecule is CC(C)C(O)CNC(=O)c1ccc(-n2cncn2)cc1. The Balaban J connectivity index is 1.98. The molecular formula is C14H18N4O2. The number of carbonyl (C=O) groups excluding carboxylic acids is 1. The summed E-state index contributed by atoms with van der Waals surface area (Å²) in [6.45, 7) is 4.06. The van der Waals surface area contributed by atoms with Gasteiger partial charge in [-0.25, -0.2) is 9.67 Å². The number of hydrogen-bond acceptors (Lipinski definition) is 4. The normalized spacial score (nSPS) is 12.4. The average Bonchev–Trinajstić information content (AvgIpc) is 2.98. The van der Waals surface area contributed by atoms with E-state index in [1.807, 2.05) is 13.8 Å². The molecule has 0 aliphatic heterocycles. The molecule has 0 radical (unpaired) electrons. The van der Waals surface area contributed by atoms with Crippen molar-refractivity contribution < 1.29 is 9.90 Å². The molecule has 6 nitrogen and oxygen atoms in total. The summed E-state index contributed by atoms with van der Waals surface area (Å²) >= 11 is 0. The van der Waals surface area contributed by atoms with Gasteiger partial charge in [-0.05, 0) is 30.2 Å². The zero-order chi connectivity index (χ0) is 14.5. The lowest BCUT2D eigenvalue weighted by atomic mass is 10.1. The molecule has 106 valence electrons. The standard InChI is InChI=1S/C14H18N4O2/c1-10(2)13(19)7-16-14(20)11-3-5-12(6-4-11)18-9-15-8-17-18/h3-6,8-10,13,19H,7H2,1-2H3,(H,16,20). The minimum absolute atomic E-state index is 0.116. The molecule has 0 aliphatic rings. The average molecular weight is 274 g/mol. The van der Waals surface area contributed by atoms with Crippen molar-refractivity contribution in [2.75, 3.05) is 6.54 Å². The summed E-state index contributed by atoms with van der Waals surface area (Å²) in [5, 5.41) is 16.4. The summed E-state index contributed by atoms with van der Waals surface area (Å²) in [4.78, 5) is 15.8. The van der Waals surface area contributed by atoms with Crippen LogP contribution in [0.3, 0.4) is 0 Å². The van der Waals surface area contributed by atoms with Crippen LogP contribution in [0, 0.1) is 5.92 Å². The lowest BCUT2D eigenvalue weighted by Crippen LogP contribution is -2.34. The van der Waals surface area contributed by atoms with Gasteiger partial charge in [0.15, 0.2) is 0 Å². The van der Waals surface area contributed by atoms with Crippen molar-refractivity contribution in [2.45, 2.75) is 20.0 Å². The zero-order valence-corrected chi connectivity index (χ0v) is 11.5. The van der Waals surface area contributed by atoms with E-state index in [2.05, 4.69) is 15.4 Å². The molecule has 1 aromatic carbocycles. The van der Waals surface area contributed by atoms with E-state index in [0.717, 1.165) is 5.69 Å². The molecule has 0 saturated carbocycles. The van der Waals surface area contributed by atoms with E-state index in [9.17, 15) is 9.90 Å². The number of hydrogen-bond donors (Lipinski definition) is 2. The van der Waals surface area contributed by atoms with Crippen molar-refractivity contribution in [3.63, 3.8) is 0 Å². The Kier molecular flexibility index (Phi) is 4.47. The predicted molar refractivity (Wildman–Crippen MR) is 74.5 cm³/mol. The fourth-order valence-electron chi connectivity index (χ4n) is 1.64. The minimum atomic E-state index is -0.534. The molecule has 0 fully saturated rings. The van der Waals surface area contributed by atoms with E-state index in [0.29, 0.717) is 5.56 Å². The number of rotatable bonds is 5. The number of benzene rings is 1. The van der Waals surface area contributed by atoms with E-state index in [1.54, 1.807) is 35.3 Å². The first-order valence-corrected chi connectivity index (χ1v) is 6.49. The Morgan fingerprint density at radius 2 is 2.05 bits per heavy atom. The second-order valence-corrected chi connectivity index (χ2v) is 4.91. The highest BCUT2D eigenvalue weighted by atomic mass is 16.3. The van der Waals surface area contributed by atoms with Gasteiger partial charge in [0.05, 0.1) is 11.8 Å². The second kappa shape index (κ2) is 6.29. The first-order chi connectivity index (χ1) is 9.58. The fourth-order valence-corrected chi connectivity index (χ4v) is 1.64. The summed E-state index contributed by atoms with van der Waals surface area (Å²) in [5.41, 5.74) is 1.38. The molecule has 1 unspecified atom stereocenters. The molecule has 2 aromatic rings. The summed E-state index contributed by atoms with van der Waals surface area (Å²) in [5.74, 6) is -0.0835. The summed E-state index contributed by atoms with van der Waals surface area (Å²) < 4.78 is 1.62. The van der Waals surface area contributed by atoms with Gasteiger partial charge in [0.25, 0.3) is 5.91 Å². The number of amides is 1. The Labute approximate surface area is 117 Å². The first-order valence-electron chi connectivity index (χ1n) is 6.49. The van der Waals surface area contributed by atoms with Crippen molar-refractivity contribution >= 4 is 5.91 Å². The van der Waals surface area contributed by atoms with E-state index >= 15 is 0 Å². The van der Waals surface area contributed by atoms with Gasteiger partial charge >= 0.3 is 0 Å². The highest BCUT2D eigenvalue weighted by Crippen LogP contribution is 2.08. The maximum Gasteiger partial charge on any atom is 0.251 e. The molecule has 0 aliphatic carbocycles. The van der Waals surface area contributed by atoms with Crippen LogP contribution in [-0.4, -0.2) is 38.4 Å². The number of aromatic nitrogens is 3. The van der Waals surface area contributed by atoms with Gasteiger partial charge in [-0.1, -0.05) is 13.8 Å². The van der Waals surface area contributed by atoms with Crippen LogP contribution in [0.4, 0.5) is 0 Å². The van der Waals surface area contributed by atoms with Crippen molar-refractivity contribution in [3.05, 3.63) is 42.5 Å². The molecule has 1 atom stereocenters.